The molecule has 5 nitrogen and oxygen atoms in total. The van der Waals surface area contributed by atoms with Gasteiger partial charge in [-0.15, -0.1) is 0 Å². The minimum absolute atomic E-state index is 0.200. The van der Waals surface area contributed by atoms with Crippen molar-refractivity contribution in [1.29, 1.82) is 5.26 Å². The van der Waals surface area contributed by atoms with Gasteiger partial charge in [-0.2, -0.15) is 5.26 Å². The summed E-state index contributed by atoms with van der Waals surface area (Å²) in [7, 11) is 0. The molecule has 2 aliphatic rings. The first-order valence-electron chi connectivity index (χ1n) is 4.77. The number of nitriles is 1. The Labute approximate surface area is 82.2 Å². The van der Waals surface area contributed by atoms with Gasteiger partial charge in [-0.25, -0.2) is 0 Å². The van der Waals surface area contributed by atoms with Gasteiger partial charge in [0.1, 0.15) is 12.7 Å². The molecule has 2 rings (SSSR count). The molecule has 0 aromatic rings. The Balaban J connectivity index is 1.85. The maximum Gasteiger partial charge on any atom is 0.189 e. The van der Waals surface area contributed by atoms with Crippen molar-refractivity contribution in [1.82, 2.24) is 0 Å². The third kappa shape index (κ3) is 2.03. The predicted octanol–water partition coefficient (Wildman–Crippen LogP) is 0.808. The van der Waals surface area contributed by atoms with E-state index in [1.165, 1.54) is 0 Å². The molecule has 2 aliphatic heterocycles. The minimum Gasteiger partial charge on any atom is -0.392 e. The van der Waals surface area contributed by atoms with Crippen molar-refractivity contribution in [3.8, 4) is 6.07 Å². The van der Waals surface area contributed by atoms with Gasteiger partial charge in [0.2, 0.25) is 0 Å². The summed E-state index contributed by atoms with van der Waals surface area (Å²) >= 11 is 0. The molecule has 2 heterocycles. The largest absolute Gasteiger partial charge is 0.392 e. The van der Waals surface area contributed by atoms with E-state index in [0.29, 0.717) is 12.3 Å². The molecular weight excluding hydrogens is 184 g/mol. The second kappa shape index (κ2) is 4.40. The topological polar surface area (TPSA) is 63.8 Å². The quantitative estimate of drug-likeness (QED) is 0.655. The van der Waals surface area contributed by atoms with Gasteiger partial charge < -0.3 is 14.3 Å². The summed E-state index contributed by atoms with van der Waals surface area (Å²) in [4.78, 5) is 4.79. The van der Waals surface area contributed by atoms with Crippen LogP contribution >= 0.6 is 0 Å². The Hall–Kier alpha value is -1.12. The summed E-state index contributed by atoms with van der Waals surface area (Å²) in [6.45, 7) is 1.06. The Morgan fingerprint density at radius 3 is 3.14 bits per heavy atom. The van der Waals surface area contributed by atoms with E-state index >= 15 is 0 Å². The fourth-order valence-electron chi connectivity index (χ4n) is 1.51. The highest BCUT2D eigenvalue weighted by molar-refractivity contribution is 6.02. The summed E-state index contributed by atoms with van der Waals surface area (Å²) < 4.78 is 10.9. The van der Waals surface area contributed by atoms with Crippen LogP contribution in [-0.4, -0.2) is 31.3 Å². The number of hydrogen-bond acceptors (Lipinski definition) is 5. The first-order valence-corrected chi connectivity index (χ1v) is 4.77. The van der Waals surface area contributed by atoms with Crippen LogP contribution in [0.15, 0.2) is 5.16 Å². The molecule has 76 valence electrons. The van der Waals surface area contributed by atoms with Gasteiger partial charge in [0.05, 0.1) is 0 Å². The van der Waals surface area contributed by atoms with Crippen LogP contribution in [-0.2, 0) is 14.3 Å². The molecule has 5 heteroatoms. The van der Waals surface area contributed by atoms with Gasteiger partial charge in [0.25, 0.3) is 0 Å². The molecule has 0 radical (unpaired) electrons. The van der Waals surface area contributed by atoms with Gasteiger partial charge in [-0.3, -0.25) is 0 Å². The summed E-state index contributed by atoms with van der Waals surface area (Å²) in [5, 5.41) is 12.3. The number of hydrogen-bond donors (Lipinski definition) is 0. The summed E-state index contributed by atoms with van der Waals surface area (Å²) in [5.41, 5.74) is 0.305. The summed E-state index contributed by atoms with van der Waals surface area (Å²) in [5.74, 6) is 0. The van der Waals surface area contributed by atoms with Crippen LogP contribution in [0, 0.1) is 11.3 Å². The molecule has 2 atom stereocenters. The number of rotatable bonds is 2. The lowest BCUT2D eigenvalue weighted by molar-refractivity contribution is -0.178. The van der Waals surface area contributed by atoms with Crippen LogP contribution in [0.4, 0.5) is 0 Å². The summed E-state index contributed by atoms with van der Waals surface area (Å²) in [6, 6.07) is 1.95. The van der Waals surface area contributed by atoms with E-state index in [0.717, 1.165) is 25.9 Å². The minimum atomic E-state index is -0.344. The van der Waals surface area contributed by atoms with E-state index < -0.39 is 0 Å². The molecule has 0 spiro atoms. The number of nitrogens with zero attached hydrogens (tertiary/aromatic N) is 2. The zero-order chi connectivity index (χ0) is 9.80. The average molecular weight is 196 g/mol. The second-order valence-corrected chi connectivity index (χ2v) is 3.30. The Morgan fingerprint density at radius 2 is 2.43 bits per heavy atom. The van der Waals surface area contributed by atoms with Crippen molar-refractivity contribution in [2.24, 2.45) is 5.16 Å². The monoisotopic (exact) mass is 196 g/mol. The molecular formula is C9H12N2O3. The molecule has 2 unspecified atom stereocenters. The average Bonchev–Trinajstić information content (AvgIpc) is 2.67. The first kappa shape index (κ1) is 9.44. The molecule has 0 aliphatic carbocycles. The maximum atomic E-state index is 8.68. The van der Waals surface area contributed by atoms with Gasteiger partial charge >= 0.3 is 0 Å². The highest BCUT2D eigenvalue weighted by atomic mass is 16.7. The molecule has 0 amide bonds. The van der Waals surface area contributed by atoms with Crippen LogP contribution < -0.4 is 0 Å². The Kier molecular flexibility index (Phi) is 2.96. The standard InChI is InChI=1S/C9H12N2O3/c10-5-7-8(6-13-11-7)14-9-3-1-2-4-12-9/h8-9H,1-4,6H2. The molecule has 0 aromatic carbocycles. The molecule has 1 saturated heterocycles. The third-order valence-corrected chi connectivity index (χ3v) is 2.26. The van der Waals surface area contributed by atoms with E-state index in [1.54, 1.807) is 0 Å². The zero-order valence-electron chi connectivity index (χ0n) is 7.81. The van der Waals surface area contributed by atoms with Crippen LogP contribution in [0.25, 0.3) is 0 Å². The second-order valence-electron chi connectivity index (χ2n) is 3.30. The maximum absolute atomic E-state index is 8.68. The molecule has 0 bridgehead atoms. The Morgan fingerprint density at radius 1 is 1.50 bits per heavy atom. The van der Waals surface area contributed by atoms with Crippen molar-refractivity contribution >= 4 is 5.71 Å². The van der Waals surface area contributed by atoms with Gasteiger partial charge in [-0.05, 0) is 19.3 Å². The van der Waals surface area contributed by atoms with Gasteiger partial charge in [0, 0.05) is 6.61 Å². The lowest BCUT2D eigenvalue weighted by atomic mass is 10.2. The van der Waals surface area contributed by atoms with Crippen molar-refractivity contribution in [2.75, 3.05) is 13.2 Å². The van der Waals surface area contributed by atoms with Crippen molar-refractivity contribution in [3.05, 3.63) is 0 Å². The zero-order valence-corrected chi connectivity index (χ0v) is 7.81. The van der Waals surface area contributed by atoms with Crippen molar-refractivity contribution in [3.63, 3.8) is 0 Å². The Bertz CT molecular complexity index is 266. The van der Waals surface area contributed by atoms with Crippen molar-refractivity contribution in [2.45, 2.75) is 31.7 Å². The van der Waals surface area contributed by atoms with Crippen LogP contribution in [0.1, 0.15) is 19.3 Å². The van der Waals surface area contributed by atoms with E-state index in [-0.39, 0.29) is 12.4 Å². The molecule has 0 saturated carbocycles. The van der Waals surface area contributed by atoms with Crippen LogP contribution in [0.2, 0.25) is 0 Å². The highest BCUT2D eigenvalue weighted by Gasteiger charge is 2.28. The van der Waals surface area contributed by atoms with E-state index in [1.807, 2.05) is 6.07 Å². The van der Waals surface area contributed by atoms with Gasteiger partial charge in [-0.1, -0.05) is 5.16 Å². The first-order chi connectivity index (χ1) is 6.90. The number of oxime groups is 1. The van der Waals surface area contributed by atoms with E-state index in [2.05, 4.69) is 5.16 Å². The smallest absolute Gasteiger partial charge is 0.189 e. The lowest BCUT2D eigenvalue weighted by Crippen LogP contribution is -2.32. The van der Waals surface area contributed by atoms with E-state index in [9.17, 15) is 0 Å². The third-order valence-electron chi connectivity index (χ3n) is 2.26. The molecule has 0 aromatic heterocycles. The predicted molar refractivity (Wildman–Crippen MR) is 47.5 cm³/mol. The highest BCUT2D eigenvalue weighted by Crippen LogP contribution is 2.17. The molecule has 0 N–H and O–H groups in total. The van der Waals surface area contributed by atoms with E-state index in [4.69, 9.17) is 19.6 Å². The SMILES string of the molecule is N#CC1=NOCC1OC1CCCCO1. The fraction of sp³-hybridized carbons (Fsp3) is 0.778. The summed E-state index contributed by atoms with van der Waals surface area (Å²) in [6.07, 6.45) is 2.53. The lowest BCUT2D eigenvalue weighted by Gasteiger charge is -2.24. The van der Waals surface area contributed by atoms with Crippen LogP contribution in [0.3, 0.4) is 0 Å². The van der Waals surface area contributed by atoms with Crippen molar-refractivity contribution < 1.29 is 14.3 Å². The molecule has 14 heavy (non-hydrogen) atoms. The van der Waals surface area contributed by atoms with Crippen LogP contribution in [0.5, 0.6) is 0 Å². The van der Waals surface area contributed by atoms with Gasteiger partial charge in [0.15, 0.2) is 18.1 Å². The fourth-order valence-corrected chi connectivity index (χ4v) is 1.51. The molecule has 1 fully saturated rings. The number of ether oxygens (including phenoxy) is 2. The normalized spacial score (nSPS) is 31.8.